The summed E-state index contributed by atoms with van der Waals surface area (Å²) in [5.41, 5.74) is -0.543. The number of rotatable bonds is 5. The minimum absolute atomic E-state index is 0.104. The van der Waals surface area contributed by atoms with E-state index in [-0.39, 0.29) is 21.2 Å². The maximum absolute atomic E-state index is 12.8. The Morgan fingerprint density at radius 2 is 1.94 bits per heavy atom. The molecular weight excluding hydrogens is 460 g/mol. The Bertz CT molecular complexity index is 1450. The summed E-state index contributed by atoms with van der Waals surface area (Å²) in [6.07, 6.45) is 1.08. The zero-order chi connectivity index (χ0) is 23.4. The Labute approximate surface area is 184 Å². The van der Waals surface area contributed by atoms with Crippen molar-refractivity contribution >= 4 is 59.9 Å². The molecule has 0 radical (unpaired) electrons. The van der Waals surface area contributed by atoms with Gasteiger partial charge in [-0.1, -0.05) is 17.4 Å². The van der Waals surface area contributed by atoms with Crippen LogP contribution >= 0.6 is 11.3 Å². The number of imide groups is 1. The van der Waals surface area contributed by atoms with E-state index in [0.29, 0.717) is 15.1 Å². The SMILES string of the molecule is C[C@@H](C(=O)Nc1nc2ccc(S(C)(=O)=O)cc2s1)N1C(=O)c2cccc([N+](=O)[O-])c2C1=O. The number of nitro benzene ring substituents is 1. The van der Waals surface area contributed by atoms with E-state index in [2.05, 4.69) is 10.3 Å². The summed E-state index contributed by atoms with van der Waals surface area (Å²) in [5.74, 6) is -2.47. The lowest BCUT2D eigenvalue weighted by molar-refractivity contribution is -0.385. The fraction of sp³-hybridized carbons (Fsp3) is 0.158. The lowest BCUT2D eigenvalue weighted by Crippen LogP contribution is -2.45. The van der Waals surface area contributed by atoms with Crippen LogP contribution in [0.25, 0.3) is 10.2 Å². The standard InChI is InChI=1S/C19H14N4O7S2/c1-9(22-17(25)11-4-3-5-13(23(27)28)15(11)18(22)26)16(24)21-19-20-12-7-6-10(32(2,29)30)8-14(12)31-19/h3-9H,1-2H3,(H,20,21,24)/t9-/m0/s1. The first-order chi connectivity index (χ1) is 15.0. The van der Waals surface area contributed by atoms with Crippen LogP contribution in [0.3, 0.4) is 0 Å². The first kappa shape index (κ1) is 21.5. The molecule has 0 bridgehead atoms. The van der Waals surface area contributed by atoms with E-state index in [1.54, 1.807) is 0 Å². The highest BCUT2D eigenvalue weighted by molar-refractivity contribution is 7.90. The molecule has 0 spiro atoms. The van der Waals surface area contributed by atoms with Crippen LogP contribution in [-0.2, 0) is 14.6 Å². The van der Waals surface area contributed by atoms with Crippen LogP contribution in [0.1, 0.15) is 27.6 Å². The van der Waals surface area contributed by atoms with E-state index in [0.717, 1.165) is 23.7 Å². The van der Waals surface area contributed by atoms with Gasteiger partial charge in [-0.25, -0.2) is 13.4 Å². The molecule has 0 saturated heterocycles. The van der Waals surface area contributed by atoms with Crippen molar-refractivity contribution in [2.24, 2.45) is 0 Å². The van der Waals surface area contributed by atoms with Crippen LogP contribution in [0, 0.1) is 10.1 Å². The van der Waals surface area contributed by atoms with E-state index in [9.17, 15) is 32.9 Å². The largest absolute Gasteiger partial charge is 0.300 e. The number of thiazole rings is 1. The van der Waals surface area contributed by atoms with Gasteiger partial charge in [0.1, 0.15) is 11.6 Å². The van der Waals surface area contributed by atoms with Crippen LogP contribution < -0.4 is 5.32 Å². The highest BCUT2D eigenvalue weighted by Gasteiger charge is 2.45. The van der Waals surface area contributed by atoms with Crippen molar-refractivity contribution in [3.05, 3.63) is 57.6 Å². The molecule has 4 rings (SSSR count). The number of carbonyl (C=O) groups is 3. The number of sulfone groups is 1. The zero-order valence-corrected chi connectivity index (χ0v) is 18.2. The molecule has 1 aromatic heterocycles. The predicted molar refractivity (Wildman–Crippen MR) is 114 cm³/mol. The Hall–Kier alpha value is -3.71. The summed E-state index contributed by atoms with van der Waals surface area (Å²) in [7, 11) is -3.42. The molecule has 11 nitrogen and oxygen atoms in total. The quantitative estimate of drug-likeness (QED) is 0.335. The number of anilines is 1. The van der Waals surface area contributed by atoms with E-state index >= 15 is 0 Å². The lowest BCUT2D eigenvalue weighted by Gasteiger charge is -2.20. The second-order valence-electron chi connectivity index (χ2n) is 7.02. The highest BCUT2D eigenvalue weighted by Crippen LogP contribution is 2.33. The number of fused-ring (bicyclic) bond motifs is 2. The van der Waals surface area contributed by atoms with Crippen molar-refractivity contribution in [1.82, 2.24) is 9.88 Å². The monoisotopic (exact) mass is 474 g/mol. The van der Waals surface area contributed by atoms with Crippen LogP contribution in [0.5, 0.6) is 0 Å². The third-order valence-electron chi connectivity index (χ3n) is 4.91. The molecule has 0 saturated carbocycles. The van der Waals surface area contributed by atoms with Crippen LogP contribution in [0.2, 0.25) is 0 Å². The second kappa shape index (κ2) is 7.46. The van der Waals surface area contributed by atoms with Crippen LogP contribution in [0.4, 0.5) is 10.8 Å². The van der Waals surface area contributed by atoms with Gasteiger partial charge in [0.15, 0.2) is 15.0 Å². The molecular formula is C19H14N4O7S2. The number of benzene rings is 2. The smallest absolute Gasteiger partial charge is 0.282 e. The van der Waals surface area contributed by atoms with Crippen LogP contribution in [-0.4, -0.2) is 53.2 Å². The number of hydrogen-bond donors (Lipinski definition) is 1. The van der Waals surface area contributed by atoms with Crippen LogP contribution in [0.15, 0.2) is 41.3 Å². The minimum Gasteiger partial charge on any atom is -0.300 e. The fourth-order valence-corrected chi connectivity index (χ4v) is 4.94. The van der Waals surface area contributed by atoms with Gasteiger partial charge in [0.05, 0.1) is 25.6 Å². The van der Waals surface area contributed by atoms with Crippen molar-refractivity contribution in [2.45, 2.75) is 17.9 Å². The first-order valence-corrected chi connectivity index (χ1v) is 11.8. The molecule has 32 heavy (non-hydrogen) atoms. The Morgan fingerprint density at radius 1 is 1.22 bits per heavy atom. The normalized spacial score (nSPS) is 14.5. The second-order valence-corrected chi connectivity index (χ2v) is 10.1. The number of hydrogen-bond acceptors (Lipinski definition) is 9. The van der Waals surface area contributed by atoms with Gasteiger partial charge in [0.25, 0.3) is 17.5 Å². The van der Waals surface area contributed by atoms with E-state index in [1.807, 2.05) is 0 Å². The summed E-state index contributed by atoms with van der Waals surface area (Å²) in [6.45, 7) is 1.32. The number of amides is 3. The summed E-state index contributed by atoms with van der Waals surface area (Å²) < 4.78 is 24.0. The molecule has 1 N–H and O–H groups in total. The molecule has 3 amide bonds. The number of nitro groups is 1. The zero-order valence-electron chi connectivity index (χ0n) is 16.6. The molecule has 2 heterocycles. The molecule has 13 heteroatoms. The number of nitrogens with one attached hydrogen (secondary N) is 1. The average Bonchev–Trinajstić information content (AvgIpc) is 3.24. The topological polar surface area (TPSA) is 157 Å². The minimum atomic E-state index is -3.42. The molecule has 0 aliphatic carbocycles. The highest BCUT2D eigenvalue weighted by atomic mass is 32.2. The van der Waals surface area contributed by atoms with Gasteiger partial charge in [-0.05, 0) is 31.2 Å². The van der Waals surface area contributed by atoms with Gasteiger partial charge in [0, 0.05) is 12.3 Å². The maximum atomic E-state index is 12.8. The van der Waals surface area contributed by atoms with Gasteiger partial charge in [0.2, 0.25) is 5.91 Å². The summed E-state index contributed by atoms with van der Waals surface area (Å²) in [5, 5.41) is 13.9. The van der Waals surface area contributed by atoms with Crippen molar-refractivity contribution in [3.63, 3.8) is 0 Å². The summed E-state index contributed by atoms with van der Waals surface area (Å²) in [4.78, 5) is 53.6. The first-order valence-electron chi connectivity index (χ1n) is 9.06. The van der Waals surface area contributed by atoms with Crippen molar-refractivity contribution < 1.29 is 27.7 Å². The third-order valence-corrected chi connectivity index (χ3v) is 6.95. The van der Waals surface area contributed by atoms with E-state index < -0.39 is 44.2 Å². The number of carbonyl (C=O) groups excluding carboxylic acids is 3. The van der Waals surface area contributed by atoms with E-state index in [4.69, 9.17) is 0 Å². The molecule has 164 valence electrons. The Balaban J connectivity index is 1.59. The summed E-state index contributed by atoms with van der Waals surface area (Å²) in [6, 6.07) is 6.76. The molecule has 0 unspecified atom stereocenters. The van der Waals surface area contributed by atoms with Crippen molar-refractivity contribution in [3.8, 4) is 0 Å². The third kappa shape index (κ3) is 3.50. The molecule has 0 fully saturated rings. The molecule has 3 aromatic rings. The van der Waals surface area contributed by atoms with E-state index in [1.165, 1.54) is 37.3 Å². The summed E-state index contributed by atoms with van der Waals surface area (Å²) >= 11 is 1.03. The average molecular weight is 474 g/mol. The van der Waals surface area contributed by atoms with Gasteiger partial charge in [-0.2, -0.15) is 0 Å². The predicted octanol–water partition coefficient (Wildman–Crippen LogP) is 2.23. The van der Waals surface area contributed by atoms with Gasteiger partial charge in [-0.3, -0.25) is 29.4 Å². The number of nitrogens with zero attached hydrogens (tertiary/aromatic N) is 3. The van der Waals surface area contributed by atoms with Crippen molar-refractivity contribution in [1.29, 1.82) is 0 Å². The van der Waals surface area contributed by atoms with Crippen molar-refractivity contribution in [2.75, 3.05) is 11.6 Å². The molecule has 1 aliphatic rings. The molecule has 1 atom stereocenters. The lowest BCUT2D eigenvalue weighted by atomic mass is 10.1. The Kier molecular flexibility index (Phi) is 5.02. The Morgan fingerprint density at radius 3 is 2.59 bits per heavy atom. The van der Waals surface area contributed by atoms with Gasteiger partial charge < -0.3 is 5.32 Å². The van der Waals surface area contributed by atoms with Gasteiger partial charge in [-0.15, -0.1) is 0 Å². The number of aromatic nitrogens is 1. The maximum Gasteiger partial charge on any atom is 0.282 e. The fourth-order valence-electron chi connectivity index (χ4n) is 3.31. The molecule has 1 aliphatic heterocycles. The van der Waals surface area contributed by atoms with Gasteiger partial charge >= 0.3 is 0 Å². The molecule has 2 aromatic carbocycles.